The third kappa shape index (κ3) is 3.72. The fourth-order valence-corrected chi connectivity index (χ4v) is 5.47. The summed E-state index contributed by atoms with van der Waals surface area (Å²) in [7, 11) is 0. The molecule has 114 valence electrons. The van der Waals surface area contributed by atoms with E-state index in [9.17, 15) is 0 Å². The lowest BCUT2D eigenvalue weighted by Gasteiger charge is -2.36. The van der Waals surface area contributed by atoms with E-state index >= 15 is 0 Å². The highest BCUT2D eigenvalue weighted by molar-refractivity contribution is 8.14. The molecule has 0 radical (unpaired) electrons. The number of hydrogen-bond donors (Lipinski definition) is 1. The van der Waals surface area contributed by atoms with E-state index in [-0.39, 0.29) is 0 Å². The third-order valence-corrected chi connectivity index (χ3v) is 6.50. The maximum Gasteiger partial charge on any atom is 0.157 e. The van der Waals surface area contributed by atoms with Crippen molar-refractivity contribution in [3.05, 3.63) is 0 Å². The van der Waals surface area contributed by atoms with Crippen LogP contribution in [-0.4, -0.2) is 22.5 Å². The lowest BCUT2D eigenvalue weighted by Crippen LogP contribution is -2.47. The molecule has 0 aromatic heterocycles. The van der Waals surface area contributed by atoms with Gasteiger partial charge in [0.05, 0.1) is 6.04 Å². The Morgan fingerprint density at radius 2 is 1.80 bits per heavy atom. The molecule has 0 bridgehead atoms. The second-order valence-electron chi connectivity index (χ2n) is 7.33. The summed E-state index contributed by atoms with van der Waals surface area (Å²) in [5.41, 5.74) is 0.392. The lowest BCUT2D eigenvalue weighted by atomic mass is 9.78. The van der Waals surface area contributed by atoms with Gasteiger partial charge in [0, 0.05) is 11.3 Å². The van der Waals surface area contributed by atoms with Crippen LogP contribution in [-0.2, 0) is 0 Å². The van der Waals surface area contributed by atoms with Crippen molar-refractivity contribution in [2.45, 2.75) is 89.1 Å². The summed E-state index contributed by atoms with van der Waals surface area (Å²) in [5.74, 6) is 2.14. The minimum Gasteiger partial charge on any atom is -0.359 e. The van der Waals surface area contributed by atoms with E-state index in [0.717, 1.165) is 5.92 Å². The minimum atomic E-state index is 0.392. The lowest BCUT2D eigenvalue weighted by molar-refractivity contribution is 0.242. The topological polar surface area (TPSA) is 24.4 Å². The van der Waals surface area contributed by atoms with Crippen LogP contribution in [0.5, 0.6) is 0 Å². The average molecular weight is 295 g/mol. The van der Waals surface area contributed by atoms with Crippen LogP contribution in [0.15, 0.2) is 4.99 Å². The Kier molecular flexibility index (Phi) is 4.95. The number of amidine groups is 1. The molecule has 0 aromatic rings. The van der Waals surface area contributed by atoms with Gasteiger partial charge in [0.1, 0.15) is 0 Å². The second-order valence-corrected chi connectivity index (χ2v) is 8.29. The molecule has 2 nitrogen and oxygen atoms in total. The second kappa shape index (κ2) is 6.72. The Balaban J connectivity index is 1.59. The van der Waals surface area contributed by atoms with E-state index < -0.39 is 0 Å². The van der Waals surface area contributed by atoms with Crippen LogP contribution in [0.1, 0.15) is 77.6 Å². The van der Waals surface area contributed by atoms with Crippen LogP contribution >= 0.6 is 11.8 Å². The Morgan fingerprint density at radius 1 is 1.05 bits per heavy atom. The van der Waals surface area contributed by atoms with Gasteiger partial charge in [0.25, 0.3) is 0 Å². The van der Waals surface area contributed by atoms with Crippen molar-refractivity contribution in [3.8, 4) is 0 Å². The molecule has 1 saturated heterocycles. The minimum absolute atomic E-state index is 0.392. The Hall–Kier alpha value is -0.180. The molecule has 20 heavy (non-hydrogen) atoms. The van der Waals surface area contributed by atoms with Gasteiger partial charge in [0.2, 0.25) is 0 Å². The summed E-state index contributed by atoms with van der Waals surface area (Å²) in [6.07, 6.45) is 15.2. The summed E-state index contributed by atoms with van der Waals surface area (Å²) >= 11 is 1.99. The van der Waals surface area contributed by atoms with Crippen LogP contribution in [0.2, 0.25) is 0 Å². The van der Waals surface area contributed by atoms with Gasteiger partial charge in [-0.2, -0.15) is 0 Å². The van der Waals surface area contributed by atoms with E-state index in [1.807, 2.05) is 11.8 Å². The fraction of sp³-hybridized carbons (Fsp3) is 0.941. The Morgan fingerprint density at radius 3 is 2.55 bits per heavy atom. The zero-order valence-electron chi connectivity index (χ0n) is 13.0. The number of thioether (sulfide) groups is 1. The average Bonchev–Trinajstić information content (AvgIpc) is 2.75. The number of nitrogens with zero attached hydrogens (tertiary/aromatic N) is 1. The van der Waals surface area contributed by atoms with Gasteiger partial charge in [-0.3, -0.25) is 4.99 Å². The highest BCUT2D eigenvalue weighted by Crippen LogP contribution is 2.39. The van der Waals surface area contributed by atoms with Gasteiger partial charge in [0.15, 0.2) is 5.17 Å². The molecule has 3 heteroatoms. The maximum absolute atomic E-state index is 5.08. The normalized spacial score (nSPS) is 38.6. The third-order valence-electron chi connectivity index (χ3n) is 5.32. The fourth-order valence-electron chi connectivity index (χ4n) is 4.21. The summed E-state index contributed by atoms with van der Waals surface area (Å²) in [6.45, 7) is 2.41. The van der Waals surface area contributed by atoms with Crippen molar-refractivity contribution in [1.82, 2.24) is 5.32 Å². The molecule has 3 rings (SSSR count). The van der Waals surface area contributed by atoms with E-state index in [1.165, 1.54) is 81.5 Å². The number of hydrogen-bond acceptors (Lipinski definition) is 2. The smallest absolute Gasteiger partial charge is 0.157 e. The number of nitrogens with one attached hydrogen (secondary N) is 1. The molecule has 1 spiro atoms. The van der Waals surface area contributed by atoms with Crippen LogP contribution in [0.4, 0.5) is 0 Å². The summed E-state index contributed by atoms with van der Waals surface area (Å²) in [6, 6.07) is 0.599. The van der Waals surface area contributed by atoms with Gasteiger partial charge in [-0.15, -0.1) is 0 Å². The molecule has 0 aromatic carbocycles. The molecule has 3 aliphatic rings. The first-order valence-corrected chi connectivity index (χ1v) is 9.73. The molecule has 2 saturated carbocycles. The Bertz CT molecular complexity index is 347. The summed E-state index contributed by atoms with van der Waals surface area (Å²) in [4.78, 5) is 5.08. The monoisotopic (exact) mass is 294 g/mol. The molecular weight excluding hydrogens is 264 g/mol. The van der Waals surface area contributed by atoms with E-state index in [0.29, 0.717) is 11.6 Å². The molecule has 2 aliphatic carbocycles. The first-order valence-electron chi connectivity index (χ1n) is 8.75. The zero-order chi connectivity index (χ0) is 13.8. The first-order chi connectivity index (χ1) is 9.76. The summed E-state index contributed by atoms with van der Waals surface area (Å²) in [5, 5.41) is 5.10. The largest absolute Gasteiger partial charge is 0.359 e. The predicted octanol–water partition coefficient (Wildman–Crippen LogP) is 4.74. The van der Waals surface area contributed by atoms with Gasteiger partial charge in [-0.05, 0) is 31.6 Å². The van der Waals surface area contributed by atoms with Gasteiger partial charge < -0.3 is 5.32 Å². The van der Waals surface area contributed by atoms with Crippen LogP contribution in [0, 0.1) is 5.92 Å². The molecular formula is C17H30N2S. The maximum atomic E-state index is 5.08. The Labute approximate surface area is 128 Å². The molecule has 2 atom stereocenters. The van der Waals surface area contributed by atoms with Crippen LogP contribution < -0.4 is 5.32 Å². The molecule has 1 N–H and O–H groups in total. The molecule has 1 heterocycles. The summed E-state index contributed by atoms with van der Waals surface area (Å²) < 4.78 is 0. The van der Waals surface area contributed by atoms with Crippen molar-refractivity contribution >= 4 is 16.9 Å². The highest BCUT2D eigenvalue weighted by Gasteiger charge is 2.40. The van der Waals surface area contributed by atoms with E-state index in [2.05, 4.69) is 12.2 Å². The van der Waals surface area contributed by atoms with Crippen LogP contribution in [0.3, 0.4) is 0 Å². The van der Waals surface area contributed by atoms with Crippen molar-refractivity contribution in [2.24, 2.45) is 10.9 Å². The van der Waals surface area contributed by atoms with Crippen molar-refractivity contribution in [2.75, 3.05) is 5.75 Å². The zero-order valence-corrected chi connectivity index (χ0v) is 13.8. The predicted molar refractivity (Wildman–Crippen MR) is 89.5 cm³/mol. The molecule has 1 aliphatic heterocycles. The van der Waals surface area contributed by atoms with E-state index in [1.54, 1.807) is 0 Å². The standard InChI is InChI=1S/C17H30N2S/c1-14-8-7-11-17(12-14)13-20-16(19-17)18-15-9-5-3-2-4-6-10-15/h14-15H,2-13H2,1H3,(H,18,19). The van der Waals surface area contributed by atoms with Crippen molar-refractivity contribution in [1.29, 1.82) is 0 Å². The molecule has 2 unspecified atom stereocenters. The quantitative estimate of drug-likeness (QED) is 0.755. The SMILES string of the molecule is CC1CCCC2(CSC(=NC3CCCCCCC3)N2)C1. The van der Waals surface area contributed by atoms with Crippen LogP contribution in [0.25, 0.3) is 0 Å². The van der Waals surface area contributed by atoms with Crippen molar-refractivity contribution < 1.29 is 0 Å². The van der Waals surface area contributed by atoms with Gasteiger partial charge in [-0.1, -0.05) is 63.6 Å². The highest BCUT2D eigenvalue weighted by atomic mass is 32.2. The van der Waals surface area contributed by atoms with Crippen molar-refractivity contribution in [3.63, 3.8) is 0 Å². The number of rotatable bonds is 1. The number of aliphatic imine (C=N–C) groups is 1. The molecule has 3 fully saturated rings. The first kappa shape index (κ1) is 14.7. The van der Waals surface area contributed by atoms with E-state index in [4.69, 9.17) is 4.99 Å². The van der Waals surface area contributed by atoms with Gasteiger partial charge >= 0.3 is 0 Å². The van der Waals surface area contributed by atoms with Gasteiger partial charge in [-0.25, -0.2) is 0 Å². The molecule has 0 amide bonds.